The van der Waals surface area contributed by atoms with E-state index in [1.807, 2.05) is 55.5 Å². The molecular formula is C25H25NO3. The van der Waals surface area contributed by atoms with Gasteiger partial charge in [0.05, 0.1) is 0 Å². The molecule has 1 aliphatic carbocycles. The third-order valence-corrected chi connectivity index (χ3v) is 5.62. The van der Waals surface area contributed by atoms with Crippen LogP contribution in [0.5, 0.6) is 5.75 Å². The van der Waals surface area contributed by atoms with E-state index >= 15 is 0 Å². The number of Topliss-reactive ketones (excluding diaryl/α,β-unsaturated/α-hetero) is 1. The zero-order valence-corrected chi connectivity index (χ0v) is 16.7. The molecule has 1 unspecified atom stereocenters. The van der Waals surface area contributed by atoms with Crippen LogP contribution in [0.25, 0.3) is 0 Å². The summed E-state index contributed by atoms with van der Waals surface area (Å²) in [5.41, 5.74) is 4.64. The molecule has 1 amide bonds. The summed E-state index contributed by atoms with van der Waals surface area (Å²) in [6, 6.07) is 15.6. The number of amides is 1. The van der Waals surface area contributed by atoms with Crippen molar-refractivity contribution < 1.29 is 14.3 Å². The predicted molar refractivity (Wildman–Crippen MR) is 114 cm³/mol. The van der Waals surface area contributed by atoms with Crippen LogP contribution in [0.3, 0.4) is 0 Å². The molecule has 0 fully saturated rings. The molecule has 0 bridgehead atoms. The summed E-state index contributed by atoms with van der Waals surface area (Å²) in [6.07, 6.45) is 4.08. The lowest BCUT2D eigenvalue weighted by Crippen LogP contribution is -2.40. The fourth-order valence-corrected chi connectivity index (χ4v) is 4.22. The smallest absolute Gasteiger partial charge is 0.232 e. The van der Waals surface area contributed by atoms with Crippen LogP contribution in [0.2, 0.25) is 0 Å². The maximum absolute atomic E-state index is 13.2. The Morgan fingerprint density at radius 3 is 2.48 bits per heavy atom. The average Bonchev–Trinajstić information content (AvgIpc) is 2.73. The molecule has 0 spiro atoms. The minimum atomic E-state index is -0.194. The minimum absolute atomic E-state index is 0.0410. The molecule has 148 valence electrons. The number of carbonyl (C=O) groups is 2. The van der Waals surface area contributed by atoms with E-state index < -0.39 is 0 Å². The molecule has 4 heteroatoms. The van der Waals surface area contributed by atoms with Gasteiger partial charge in [0.1, 0.15) is 12.4 Å². The molecule has 0 radical (unpaired) electrons. The van der Waals surface area contributed by atoms with Crippen molar-refractivity contribution in [2.75, 3.05) is 11.5 Å². The maximum Gasteiger partial charge on any atom is 0.232 e. The predicted octanol–water partition coefficient (Wildman–Crippen LogP) is 5.09. The Hall–Kier alpha value is -3.14. The lowest BCUT2D eigenvalue weighted by Gasteiger charge is -2.38. The molecule has 0 saturated heterocycles. The summed E-state index contributed by atoms with van der Waals surface area (Å²) in [5, 5.41) is 0. The summed E-state index contributed by atoms with van der Waals surface area (Å²) in [5.74, 6) is 0.758. The van der Waals surface area contributed by atoms with E-state index in [2.05, 4.69) is 6.58 Å². The van der Waals surface area contributed by atoms with Crippen molar-refractivity contribution in [1.82, 2.24) is 0 Å². The summed E-state index contributed by atoms with van der Waals surface area (Å²) >= 11 is 0. The number of benzene rings is 2. The van der Waals surface area contributed by atoms with Crippen LogP contribution in [0.1, 0.15) is 42.7 Å². The van der Waals surface area contributed by atoms with E-state index in [0.29, 0.717) is 19.4 Å². The first-order chi connectivity index (χ1) is 14.1. The Bertz CT molecular complexity index is 970. The van der Waals surface area contributed by atoms with Gasteiger partial charge in [0, 0.05) is 35.7 Å². The van der Waals surface area contributed by atoms with Crippen molar-refractivity contribution in [2.24, 2.45) is 0 Å². The zero-order valence-electron chi connectivity index (χ0n) is 16.7. The van der Waals surface area contributed by atoms with Crippen LogP contribution >= 0.6 is 0 Å². The lowest BCUT2D eigenvalue weighted by molar-refractivity contribution is -0.119. The summed E-state index contributed by atoms with van der Waals surface area (Å²) < 4.78 is 5.56. The van der Waals surface area contributed by atoms with Gasteiger partial charge in [-0.1, -0.05) is 42.5 Å². The van der Waals surface area contributed by atoms with Crippen LogP contribution < -0.4 is 9.64 Å². The molecule has 29 heavy (non-hydrogen) atoms. The van der Waals surface area contributed by atoms with Gasteiger partial charge >= 0.3 is 0 Å². The minimum Gasteiger partial charge on any atom is -0.490 e. The Labute approximate surface area is 171 Å². The number of ether oxygens (including phenoxy) is 1. The van der Waals surface area contributed by atoms with Crippen LogP contribution in [0, 0.1) is 6.92 Å². The summed E-state index contributed by atoms with van der Waals surface area (Å²) in [6.45, 7) is 6.12. The van der Waals surface area contributed by atoms with Crippen molar-refractivity contribution in [3.05, 3.63) is 83.6 Å². The quantitative estimate of drug-likeness (QED) is 0.672. The van der Waals surface area contributed by atoms with E-state index in [1.165, 1.54) is 0 Å². The fraction of sp³-hybridized carbons (Fsp3) is 0.280. The van der Waals surface area contributed by atoms with Gasteiger partial charge in [0.25, 0.3) is 0 Å². The van der Waals surface area contributed by atoms with Gasteiger partial charge in [-0.2, -0.15) is 0 Å². The Kier molecular flexibility index (Phi) is 5.34. The van der Waals surface area contributed by atoms with Crippen LogP contribution in [0.15, 0.2) is 72.5 Å². The Morgan fingerprint density at radius 2 is 1.79 bits per heavy atom. The highest BCUT2D eigenvalue weighted by Gasteiger charge is 2.39. The van der Waals surface area contributed by atoms with E-state index in [0.717, 1.165) is 46.7 Å². The standard InChI is InChI=1S/C25H25NO3/c1-3-15-29-20-13-9-18(10-14-20)21-16-24(28)26(19-11-7-17(2)8-12-19)22-5-4-6-23(27)25(21)22/h3,7-14,21H,1,4-6,15-16H2,2H3. The highest BCUT2D eigenvalue weighted by atomic mass is 16.5. The number of hydrogen-bond acceptors (Lipinski definition) is 3. The van der Waals surface area contributed by atoms with Gasteiger partial charge in [-0.15, -0.1) is 0 Å². The van der Waals surface area contributed by atoms with Crippen molar-refractivity contribution in [1.29, 1.82) is 0 Å². The van der Waals surface area contributed by atoms with Crippen molar-refractivity contribution in [3.63, 3.8) is 0 Å². The van der Waals surface area contributed by atoms with Crippen LogP contribution in [-0.2, 0) is 9.59 Å². The van der Waals surface area contributed by atoms with Crippen molar-refractivity contribution in [3.8, 4) is 5.75 Å². The first-order valence-electron chi connectivity index (χ1n) is 10.1. The summed E-state index contributed by atoms with van der Waals surface area (Å²) in [7, 11) is 0. The highest BCUT2D eigenvalue weighted by molar-refractivity contribution is 6.07. The molecule has 1 aliphatic heterocycles. The van der Waals surface area contributed by atoms with Crippen molar-refractivity contribution >= 4 is 17.4 Å². The molecule has 2 aliphatic rings. The third kappa shape index (κ3) is 3.75. The van der Waals surface area contributed by atoms with Crippen molar-refractivity contribution in [2.45, 2.75) is 38.5 Å². The molecule has 4 rings (SSSR count). The average molecular weight is 387 g/mol. The molecule has 1 heterocycles. The van der Waals surface area contributed by atoms with E-state index in [1.54, 1.807) is 11.0 Å². The van der Waals surface area contributed by atoms with E-state index in [-0.39, 0.29) is 17.6 Å². The number of allylic oxidation sites excluding steroid dienone is 2. The number of carbonyl (C=O) groups excluding carboxylic acids is 2. The molecule has 0 N–H and O–H groups in total. The third-order valence-electron chi connectivity index (χ3n) is 5.62. The lowest BCUT2D eigenvalue weighted by atomic mass is 9.77. The zero-order chi connectivity index (χ0) is 20.4. The normalized spacial score (nSPS) is 19.2. The van der Waals surface area contributed by atoms with Gasteiger partial charge in [-0.3, -0.25) is 14.5 Å². The maximum atomic E-state index is 13.2. The van der Waals surface area contributed by atoms with Gasteiger partial charge in [0.2, 0.25) is 5.91 Å². The molecule has 0 saturated carbocycles. The second kappa shape index (κ2) is 8.08. The number of anilines is 1. The molecule has 2 aromatic rings. The number of aryl methyl sites for hydroxylation is 1. The van der Waals surface area contributed by atoms with Gasteiger partial charge in [-0.25, -0.2) is 0 Å². The molecular weight excluding hydrogens is 362 g/mol. The fourth-order valence-electron chi connectivity index (χ4n) is 4.22. The van der Waals surface area contributed by atoms with Crippen LogP contribution in [0.4, 0.5) is 5.69 Å². The molecule has 1 atom stereocenters. The first kappa shape index (κ1) is 19.2. The monoisotopic (exact) mass is 387 g/mol. The second-order valence-electron chi connectivity index (χ2n) is 7.63. The summed E-state index contributed by atoms with van der Waals surface area (Å²) in [4.78, 5) is 27.9. The van der Waals surface area contributed by atoms with Gasteiger partial charge < -0.3 is 4.74 Å². The van der Waals surface area contributed by atoms with E-state index in [4.69, 9.17) is 4.74 Å². The van der Waals surface area contributed by atoms with Gasteiger partial charge in [0.15, 0.2) is 5.78 Å². The first-order valence-corrected chi connectivity index (χ1v) is 10.1. The SMILES string of the molecule is C=CCOc1ccc(C2CC(=O)N(c3ccc(C)cc3)C3=C2C(=O)CCC3)cc1. The Morgan fingerprint density at radius 1 is 1.07 bits per heavy atom. The molecule has 2 aromatic carbocycles. The van der Waals surface area contributed by atoms with Crippen LogP contribution in [-0.4, -0.2) is 18.3 Å². The number of nitrogens with zero attached hydrogens (tertiary/aromatic N) is 1. The molecule has 0 aromatic heterocycles. The topological polar surface area (TPSA) is 46.6 Å². The van der Waals surface area contributed by atoms with Gasteiger partial charge in [-0.05, 0) is 49.6 Å². The Balaban J connectivity index is 1.74. The highest BCUT2D eigenvalue weighted by Crippen LogP contribution is 2.43. The largest absolute Gasteiger partial charge is 0.490 e. The number of rotatable bonds is 5. The van der Waals surface area contributed by atoms with E-state index in [9.17, 15) is 9.59 Å². The molecule has 4 nitrogen and oxygen atoms in total. The number of hydrogen-bond donors (Lipinski definition) is 0. The number of ketones is 1. The second-order valence-corrected chi connectivity index (χ2v) is 7.63.